The van der Waals surface area contributed by atoms with E-state index < -0.39 is 7.12 Å². The molecule has 0 radical (unpaired) electrons. The van der Waals surface area contributed by atoms with Gasteiger partial charge in [-0.1, -0.05) is 78.9 Å². The Balaban J connectivity index is 1.40. The fourth-order valence-corrected chi connectivity index (χ4v) is 8.06. The molecule has 190 valence electrons. The Morgan fingerprint density at radius 2 is 1.17 bits per heavy atom. The molecule has 8 aromatic rings. The summed E-state index contributed by atoms with van der Waals surface area (Å²) in [4.78, 5) is 0. The maximum absolute atomic E-state index is 6.44. The maximum atomic E-state index is 6.44. The Bertz CT molecular complexity index is 2330. The minimum Gasteiger partial charge on any atom is -0.521 e. The van der Waals surface area contributed by atoms with Crippen LogP contribution >= 0.6 is 11.3 Å². The summed E-state index contributed by atoms with van der Waals surface area (Å²) in [6, 6.07) is 43.4. The molecular weight excluding hydrogens is 521 g/mol. The molecule has 0 bridgehead atoms. The van der Waals surface area contributed by atoms with E-state index in [1.54, 1.807) is 0 Å². The summed E-state index contributed by atoms with van der Waals surface area (Å²) in [5.74, 6) is 1.70. The van der Waals surface area contributed by atoms with Gasteiger partial charge in [-0.15, -0.1) is 11.3 Å². The summed E-state index contributed by atoms with van der Waals surface area (Å²) in [5.41, 5.74) is 9.20. The summed E-state index contributed by atoms with van der Waals surface area (Å²) in [7, 11) is -0.482. The van der Waals surface area contributed by atoms with Gasteiger partial charge in [0.25, 0.3) is 0 Å². The van der Waals surface area contributed by atoms with Crippen molar-refractivity contribution in [1.29, 1.82) is 0 Å². The third kappa shape index (κ3) is 2.83. The second-order valence-corrected chi connectivity index (χ2v) is 11.9. The Morgan fingerprint density at radius 1 is 0.537 bits per heavy atom. The van der Waals surface area contributed by atoms with Crippen LogP contribution in [-0.4, -0.2) is 11.7 Å². The lowest BCUT2D eigenvalue weighted by Gasteiger charge is -2.32. The molecule has 0 amide bonds. The predicted octanol–water partition coefficient (Wildman–Crippen LogP) is 8.97. The van der Waals surface area contributed by atoms with Crippen molar-refractivity contribution in [2.24, 2.45) is 0 Å². The van der Waals surface area contributed by atoms with Crippen molar-refractivity contribution in [3.63, 3.8) is 0 Å². The largest absolute Gasteiger partial charge is 0.633 e. The molecule has 10 rings (SSSR count). The van der Waals surface area contributed by atoms with E-state index in [0.29, 0.717) is 0 Å². The topological polar surface area (TPSA) is 23.4 Å². The first kappa shape index (κ1) is 21.8. The highest BCUT2D eigenvalue weighted by Gasteiger charge is 2.41. The lowest BCUT2D eigenvalue weighted by Crippen LogP contribution is -2.49. The van der Waals surface area contributed by atoms with E-state index in [0.717, 1.165) is 44.9 Å². The molecule has 0 saturated carbocycles. The van der Waals surface area contributed by atoms with Crippen LogP contribution in [0.25, 0.3) is 69.9 Å². The van der Waals surface area contributed by atoms with E-state index in [1.165, 1.54) is 42.0 Å². The Labute approximate surface area is 239 Å². The molecule has 0 fully saturated rings. The second-order valence-electron chi connectivity index (χ2n) is 10.8. The molecule has 3 nitrogen and oxygen atoms in total. The van der Waals surface area contributed by atoms with E-state index >= 15 is 0 Å². The van der Waals surface area contributed by atoms with Gasteiger partial charge in [-0.3, -0.25) is 0 Å². The van der Waals surface area contributed by atoms with Gasteiger partial charge in [-0.2, -0.15) is 0 Å². The first-order chi connectivity index (χ1) is 20.3. The van der Waals surface area contributed by atoms with Crippen LogP contribution in [0.5, 0.6) is 11.5 Å². The van der Waals surface area contributed by atoms with Gasteiger partial charge in [-0.25, -0.2) is 0 Å². The molecule has 41 heavy (non-hydrogen) atoms. The molecule has 0 spiro atoms. The predicted molar refractivity (Wildman–Crippen MR) is 171 cm³/mol. The van der Waals surface area contributed by atoms with Crippen LogP contribution < -0.4 is 14.8 Å². The van der Waals surface area contributed by atoms with Crippen molar-refractivity contribution in [2.75, 3.05) is 0 Å². The van der Waals surface area contributed by atoms with Gasteiger partial charge in [0.15, 0.2) is 0 Å². The minimum absolute atomic E-state index is 0.482. The van der Waals surface area contributed by atoms with Crippen LogP contribution in [-0.2, 0) is 0 Å². The van der Waals surface area contributed by atoms with Crippen LogP contribution in [0.15, 0.2) is 121 Å². The number of hydrogen-bond acceptors (Lipinski definition) is 3. The standard InChI is InChI=1S/C36H20BNO2S/c1-5-13-29-22(9-1)25-17-18-33-34(26-12-4-8-16-32(26)41-33)36(25)38(29)21-19-27-23-10-2-6-14-30(23)39-37-35(27)28(20-21)24-11-3-7-15-31(24)40-37/h1-20H. The zero-order valence-corrected chi connectivity index (χ0v) is 22.6. The molecule has 0 atom stereocenters. The highest BCUT2D eigenvalue weighted by atomic mass is 32.1. The number of nitrogens with zero attached hydrogens (tertiary/aromatic N) is 1. The molecule has 6 aromatic carbocycles. The highest BCUT2D eigenvalue weighted by Crippen LogP contribution is 2.46. The van der Waals surface area contributed by atoms with Gasteiger partial charge in [0, 0.05) is 53.2 Å². The number of fused-ring (bicyclic) bond motifs is 11. The van der Waals surface area contributed by atoms with Crippen molar-refractivity contribution < 1.29 is 9.31 Å². The van der Waals surface area contributed by atoms with Crippen LogP contribution in [0.2, 0.25) is 0 Å². The molecule has 4 heterocycles. The van der Waals surface area contributed by atoms with Gasteiger partial charge in [-0.05, 0) is 53.6 Å². The first-order valence-electron chi connectivity index (χ1n) is 13.9. The molecule has 0 N–H and O–H groups in total. The fraction of sp³-hybridized carbons (Fsp3) is 0. The number of thiophene rings is 1. The van der Waals surface area contributed by atoms with Crippen LogP contribution in [0.4, 0.5) is 0 Å². The normalized spacial score (nSPS) is 13.2. The third-order valence-electron chi connectivity index (χ3n) is 8.66. The van der Waals surface area contributed by atoms with Gasteiger partial charge < -0.3 is 13.9 Å². The average molecular weight is 541 g/mol. The molecule has 2 aliphatic rings. The number of aromatic nitrogens is 1. The number of hydrogen-bond donors (Lipinski definition) is 0. The van der Waals surface area contributed by atoms with Crippen LogP contribution in [0.3, 0.4) is 0 Å². The summed E-state index contributed by atoms with van der Waals surface area (Å²) < 4.78 is 18.0. The maximum Gasteiger partial charge on any atom is 0.633 e. The molecule has 2 aromatic heterocycles. The van der Waals surface area contributed by atoms with E-state index in [9.17, 15) is 0 Å². The minimum atomic E-state index is -0.482. The van der Waals surface area contributed by atoms with Crippen molar-refractivity contribution in [2.45, 2.75) is 0 Å². The summed E-state index contributed by atoms with van der Waals surface area (Å²) in [6.45, 7) is 0. The lowest BCUT2D eigenvalue weighted by molar-refractivity contribution is 0.436. The summed E-state index contributed by atoms with van der Waals surface area (Å²) >= 11 is 1.87. The van der Waals surface area contributed by atoms with Crippen molar-refractivity contribution >= 4 is 65.9 Å². The van der Waals surface area contributed by atoms with Crippen molar-refractivity contribution in [3.05, 3.63) is 121 Å². The second kappa shape index (κ2) is 7.81. The van der Waals surface area contributed by atoms with E-state index in [4.69, 9.17) is 9.31 Å². The molecule has 0 unspecified atom stereocenters. The Hall–Kier alpha value is -5.00. The van der Waals surface area contributed by atoms with Crippen LogP contribution in [0, 0.1) is 0 Å². The molecular formula is C36H20BNO2S. The van der Waals surface area contributed by atoms with Crippen LogP contribution in [0.1, 0.15) is 0 Å². The number of benzene rings is 6. The van der Waals surface area contributed by atoms with Gasteiger partial charge >= 0.3 is 7.12 Å². The Morgan fingerprint density at radius 3 is 1.93 bits per heavy atom. The zero-order chi connectivity index (χ0) is 26.7. The van der Waals surface area contributed by atoms with Crippen molar-refractivity contribution in [3.8, 4) is 39.4 Å². The zero-order valence-electron chi connectivity index (χ0n) is 21.8. The van der Waals surface area contributed by atoms with Crippen molar-refractivity contribution in [1.82, 2.24) is 4.57 Å². The molecule has 0 saturated heterocycles. The number of rotatable bonds is 1. The molecule has 0 aliphatic carbocycles. The summed E-state index contributed by atoms with van der Waals surface area (Å²) in [6.07, 6.45) is 0. The SMILES string of the molecule is c1ccc2c(c1)OB1Oc3ccccc3-c3cc(-n4c5ccccc5c5ccc6sc7ccccc7c6c54)cc-2c31. The first-order valence-corrected chi connectivity index (χ1v) is 14.7. The van der Waals surface area contributed by atoms with Gasteiger partial charge in [0.2, 0.25) is 0 Å². The van der Waals surface area contributed by atoms with E-state index in [-0.39, 0.29) is 0 Å². The molecule has 2 aliphatic heterocycles. The average Bonchev–Trinajstić information content (AvgIpc) is 3.57. The summed E-state index contributed by atoms with van der Waals surface area (Å²) in [5, 5.41) is 5.15. The van der Waals surface area contributed by atoms with E-state index in [1.807, 2.05) is 35.6 Å². The number of para-hydroxylation sites is 3. The third-order valence-corrected chi connectivity index (χ3v) is 9.79. The van der Waals surface area contributed by atoms with Gasteiger partial charge in [0.05, 0.1) is 11.0 Å². The molecule has 5 heteroatoms. The van der Waals surface area contributed by atoms with Gasteiger partial charge in [0.1, 0.15) is 11.5 Å². The van der Waals surface area contributed by atoms with E-state index in [2.05, 4.69) is 102 Å². The lowest BCUT2D eigenvalue weighted by atomic mass is 9.66. The highest BCUT2D eigenvalue weighted by molar-refractivity contribution is 7.26. The smallest absolute Gasteiger partial charge is 0.521 e. The Kier molecular flexibility index (Phi) is 4.15. The monoisotopic (exact) mass is 541 g/mol. The fourth-order valence-electron chi connectivity index (χ4n) is 6.96. The quantitative estimate of drug-likeness (QED) is 0.194.